The molecule has 0 saturated carbocycles. The molecule has 1 saturated heterocycles. The fourth-order valence-corrected chi connectivity index (χ4v) is 3.27. The number of likely N-dealkylation sites (tertiary alicyclic amines) is 1. The van der Waals surface area contributed by atoms with E-state index in [0.717, 1.165) is 43.4 Å². The molecule has 0 radical (unpaired) electrons. The summed E-state index contributed by atoms with van der Waals surface area (Å²) in [5.41, 5.74) is 0.261. The molecule has 4 nitrogen and oxygen atoms in total. The third-order valence-electron chi connectivity index (χ3n) is 4.03. The second-order valence-electron chi connectivity index (χ2n) is 5.60. The molecule has 0 aliphatic carbocycles. The number of halogens is 3. The number of nitrogens with zero attached hydrogens (tertiary/aromatic N) is 2. The van der Waals surface area contributed by atoms with E-state index in [1.807, 2.05) is 11.4 Å². The average Bonchev–Trinajstić information content (AvgIpc) is 3.02. The third kappa shape index (κ3) is 3.76. The average molecular weight is 355 g/mol. The van der Waals surface area contributed by atoms with Gasteiger partial charge in [0, 0.05) is 25.8 Å². The number of hydrogen-bond donors (Lipinski definition) is 1. The normalized spacial score (nSPS) is 16.5. The predicted octanol–water partition coefficient (Wildman–Crippen LogP) is 3.34. The van der Waals surface area contributed by atoms with Gasteiger partial charge in [-0.2, -0.15) is 24.5 Å². The zero-order valence-corrected chi connectivity index (χ0v) is 13.5. The number of nitrogens with one attached hydrogen (secondary N) is 1. The quantitative estimate of drug-likeness (QED) is 0.895. The summed E-state index contributed by atoms with van der Waals surface area (Å²) < 4.78 is 37.5. The first-order valence-electron chi connectivity index (χ1n) is 7.53. The smallest absolute Gasteiger partial charge is 0.350 e. The Morgan fingerprint density at radius 2 is 2.12 bits per heavy atom. The van der Waals surface area contributed by atoms with Crippen molar-refractivity contribution in [3.05, 3.63) is 52.0 Å². The molecule has 1 N–H and O–H groups in total. The van der Waals surface area contributed by atoms with E-state index in [0.29, 0.717) is 6.54 Å². The number of rotatable bonds is 5. The minimum absolute atomic E-state index is 0.0938. The Labute approximate surface area is 141 Å². The number of pyridine rings is 1. The summed E-state index contributed by atoms with van der Waals surface area (Å²) in [5.74, 6) is -0.419. The summed E-state index contributed by atoms with van der Waals surface area (Å²) in [5, 5.41) is 6.84. The zero-order valence-electron chi connectivity index (χ0n) is 12.7. The van der Waals surface area contributed by atoms with E-state index in [2.05, 4.69) is 20.6 Å². The summed E-state index contributed by atoms with van der Waals surface area (Å²) in [6.45, 7) is 2.38. The van der Waals surface area contributed by atoms with Crippen LogP contribution in [0.2, 0.25) is 0 Å². The number of carbonyl (C=O) groups excluding carboxylic acids is 1. The Kier molecular flexibility index (Phi) is 4.86. The van der Waals surface area contributed by atoms with E-state index in [1.165, 1.54) is 0 Å². The van der Waals surface area contributed by atoms with Crippen LogP contribution in [0.25, 0.3) is 0 Å². The van der Waals surface area contributed by atoms with Gasteiger partial charge in [-0.15, -0.1) is 0 Å². The first-order valence-corrected chi connectivity index (χ1v) is 8.47. The van der Waals surface area contributed by atoms with Crippen molar-refractivity contribution < 1.29 is 18.0 Å². The van der Waals surface area contributed by atoms with Gasteiger partial charge in [-0.05, 0) is 40.9 Å². The van der Waals surface area contributed by atoms with Crippen molar-refractivity contribution in [2.24, 2.45) is 0 Å². The van der Waals surface area contributed by atoms with Crippen LogP contribution in [0.1, 0.15) is 34.1 Å². The predicted molar refractivity (Wildman–Crippen MR) is 84.8 cm³/mol. The van der Waals surface area contributed by atoms with E-state index < -0.39 is 17.8 Å². The lowest BCUT2D eigenvalue weighted by Gasteiger charge is -2.38. The molecule has 2 aromatic rings. The van der Waals surface area contributed by atoms with Crippen LogP contribution in [0.15, 0.2) is 35.2 Å². The fraction of sp³-hybridized carbons (Fsp3) is 0.375. The summed E-state index contributed by atoms with van der Waals surface area (Å²) >= 11 is 1.60. The van der Waals surface area contributed by atoms with Crippen molar-refractivity contribution in [2.45, 2.75) is 18.6 Å². The molecule has 1 aliphatic rings. The molecular formula is C16H16F3N3OS. The van der Waals surface area contributed by atoms with Crippen molar-refractivity contribution in [3.63, 3.8) is 0 Å². The molecule has 3 heterocycles. The second kappa shape index (κ2) is 6.90. The maximum atomic E-state index is 12.5. The number of alkyl halides is 3. The minimum atomic E-state index is -4.50. The fourth-order valence-electron chi connectivity index (χ4n) is 2.56. The van der Waals surface area contributed by atoms with E-state index >= 15 is 0 Å². The number of hydrogen-bond acceptors (Lipinski definition) is 4. The maximum absolute atomic E-state index is 12.5. The topological polar surface area (TPSA) is 45.2 Å². The molecule has 1 atom stereocenters. The highest BCUT2D eigenvalue weighted by Crippen LogP contribution is 2.28. The highest BCUT2D eigenvalue weighted by atomic mass is 32.1. The van der Waals surface area contributed by atoms with Gasteiger partial charge in [-0.3, -0.25) is 14.7 Å². The Morgan fingerprint density at radius 3 is 2.62 bits per heavy atom. The number of aromatic nitrogens is 1. The highest BCUT2D eigenvalue weighted by molar-refractivity contribution is 7.07. The SMILES string of the molecule is O=C(NC[C@@H](c1ccsc1)N1CCC1)c1ccc(C(F)(F)F)nc1. The summed E-state index contributed by atoms with van der Waals surface area (Å²) in [7, 11) is 0. The van der Waals surface area contributed by atoms with Gasteiger partial charge in [-0.25, -0.2) is 0 Å². The summed E-state index contributed by atoms with van der Waals surface area (Å²) in [4.78, 5) is 17.7. The lowest BCUT2D eigenvalue weighted by molar-refractivity contribution is -0.141. The minimum Gasteiger partial charge on any atom is -0.350 e. The molecule has 3 rings (SSSR count). The Bertz CT molecular complexity index is 682. The van der Waals surface area contributed by atoms with Crippen molar-refractivity contribution in [3.8, 4) is 0 Å². The van der Waals surface area contributed by atoms with Crippen LogP contribution in [-0.2, 0) is 6.18 Å². The maximum Gasteiger partial charge on any atom is 0.433 e. The number of amides is 1. The summed E-state index contributed by atoms with van der Waals surface area (Å²) in [6, 6.07) is 4.09. The lowest BCUT2D eigenvalue weighted by Crippen LogP contribution is -2.45. The third-order valence-corrected chi connectivity index (χ3v) is 4.73. The largest absolute Gasteiger partial charge is 0.433 e. The van der Waals surface area contributed by atoms with Gasteiger partial charge in [0.2, 0.25) is 0 Å². The summed E-state index contributed by atoms with van der Waals surface area (Å²) in [6.07, 6.45) is -2.41. The van der Waals surface area contributed by atoms with Crippen LogP contribution in [0.3, 0.4) is 0 Å². The molecule has 128 valence electrons. The molecule has 0 unspecified atom stereocenters. The molecule has 2 aromatic heterocycles. The Hall–Kier alpha value is -1.93. The van der Waals surface area contributed by atoms with Gasteiger partial charge in [0.15, 0.2) is 0 Å². The van der Waals surface area contributed by atoms with Gasteiger partial charge in [-0.1, -0.05) is 0 Å². The van der Waals surface area contributed by atoms with E-state index in [-0.39, 0.29) is 11.6 Å². The van der Waals surface area contributed by atoms with E-state index in [1.54, 1.807) is 11.3 Å². The van der Waals surface area contributed by atoms with Crippen LogP contribution in [0.4, 0.5) is 13.2 Å². The van der Waals surface area contributed by atoms with E-state index in [4.69, 9.17) is 0 Å². The van der Waals surface area contributed by atoms with Gasteiger partial charge in [0.25, 0.3) is 5.91 Å². The monoisotopic (exact) mass is 355 g/mol. The molecule has 0 aromatic carbocycles. The lowest BCUT2D eigenvalue weighted by atomic mass is 10.0. The van der Waals surface area contributed by atoms with Crippen LogP contribution < -0.4 is 5.32 Å². The Balaban J connectivity index is 1.63. The van der Waals surface area contributed by atoms with Gasteiger partial charge < -0.3 is 5.32 Å². The van der Waals surface area contributed by atoms with Crippen molar-refractivity contribution in [2.75, 3.05) is 19.6 Å². The molecule has 1 fully saturated rings. The molecule has 24 heavy (non-hydrogen) atoms. The first kappa shape index (κ1) is 16.9. The standard InChI is InChI=1S/C16H16F3N3OS/c17-16(18,19)14-3-2-11(8-20-14)15(23)21-9-13(22-5-1-6-22)12-4-7-24-10-12/h2-4,7-8,10,13H,1,5-6,9H2,(H,21,23)/t13-/m0/s1. The molecule has 1 amide bonds. The van der Waals surface area contributed by atoms with Gasteiger partial charge in [0.1, 0.15) is 5.69 Å². The molecular weight excluding hydrogens is 339 g/mol. The van der Waals surface area contributed by atoms with Gasteiger partial charge in [0.05, 0.1) is 11.6 Å². The van der Waals surface area contributed by atoms with Crippen LogP contribution >= 0.6 is 11.3 Å². The number of carbonyl (C=O) groups is 1. The van der Waals surface area contributed by atoms with Crippen molar-refractivity contribution >= 4 is 17.2 Å². The van der Waals surface area contributed by atoms with Crippen molar-refractivity contribution in [1.82, 2.24) is 15.2 Å². The second-order valence-corrected chi connectivity index (χ2v) is 6.38. The van der Waals surface area contributed by atoms with Crippen LogP contribution in [0.5, 0.6) is 0 Å². The molecule has 0 spiro atoms. The zero-order chi connectivity index (χ0) is 17.2. The van der Waals surface area contributed by atoms with Crippen LogP contribution in [-0.4, -0.2) is 35.4 Å². The number of thiophene rings is 1. The van der Waals surface area contributed by atoms with Crippen molar-refractivity contribution in [1.29, 1.82) is 0 Å². The van der Waals surface area contributed by atoms with E-state index in [9.17, 15) is 18.0 Å². The molecule has 8 heteroatoms. The first-order chi connectivity index (χ1) is 11.4. The highest BCUT2D eigenvalue weighted by Gasteiger charge is 2.32. The molecule has 0 bridgehead atoms. The molecule has 1 aliphatic heterocycles. The van der Waals surface area contributed by atoms with Gasteiger partial charge >= 0.3 is 6.18 Å². The van der Waals surface area contributed by atoms with Crippen LogP contribution in [0, 0.1) is 0 Å². The Morgan fingerprint density at radius 1 is 1.33 bits per heavy atom.